The third-order valence-corrected chi connectivity index (χ3v) is 3.04. The Hall–Kier alpha value is -2.55. The van der Waals surface area contributed by atoms with Gasteiger partial charge in [0.25, 0.3) is 0 Å². The normalized spacial score (nSPS) is 9.90. The van der Waals surface area contributed by atoms with E-state index in [1.165, 1.54) is 11.6 Å². The number of hydrogen-bond acceptors (Lipinski definition) is 3. The number of anilines is 2. The van der Waals surface area contributed by atoms with Gasteiger partial charge in [0.05, 0.1) is 6.61 Å². The fourth-order valence-corrected chi connectivity index (χ4v) is 1.95. The van der Waals surface area contributed by atoms with Crippen LogP contribution in [-0.4, -0.2) is 12.6 Å². The first-order chi connectivity index (χ1) is 10.3. The minimum Gasteiger partial charge on any atom is -0.463 e. The summed E-state index contributed by atoms with van der Waals surface area (Å²) in [7, 11) is 0. The topological polar surface area (TPSA) is 38.3 Å². The minimum atomic E-state index is -0.364. The molecular formula is C18H19NO2. The van der Waals surface area contributed by atoms with E-state index >= 15 is 0 Å². The number of benzene rings is 2. The van der Waals surface area contributed by atoms with Crippen LogP contribution in [0.3, 0.4) is 0 Å². The van der Waals surface area contributed by atoms with Crippen LogP contribution in [-0.2, 0) is 16.0 Å². The Morgan fingerprint density at radius 2 is 1.71 bits per heavy atom. The van der Waals surface area contributed by atoms with E-state index < -0.39 is 0 Å². The molecule has 21 heavy (non-hydrogen) atoms. The van der Waals surface area contributed by atoms with Gasteiger partial charge in [-0.25, -0.2) is 4.79 Å². The molecule has 0 radical (unpaired) electrons. The van der Waals surface area contributed by atoms with Crippen molar-refractivity contribution < 1.29 is 9.53 Å². The van der Waals surface area contributed by atoms with Crippen molar-refractivity contribution in [3.8, 4) is 0 Å². The smallest absolute Gasteiger partial charge is 0.330 e. The summed E-state index contributed by atoms with van der Waals surface area (Å²) < 4.78 is 4.95. The first kappa shape index (κ1) is 14.9. The molecule has 108 valence electrons. The molecule has 3 heteroatoms. The van der Waals surface area contributed by atoms with Crippen molar-refractivity contribution in [1.82, 2.24) is 0 Å². The highest BCUT2D eigenvalue weighted by molar-refractivity contribution is 5.81. The molecule has 0 fully saturated rings. The lowest BCUT2D eigenvalue weighted by Crippen LogP contribution is -2.02. The minimum absolute atomic E-state index is 0.364. The van der Waals surface area contributed by atoms with E-state index in [0.29, 0.717) is 6.61 Å². The zero-order valence-electron chi connectivity index (χ0n) is 11.9. The van der Waals surface area contributed by atoms with Gasteiger partial charge in [-0.3, -0.25) is 0 Å². The highest BCUT2D eigenvalue weighted by atomic mass is 16.5. The Morgan fingerprint density at radius 3 is 2.38 bits per heavy atom. The second-order valence-electron chi connectivity index (χ2n) is 4.66. The van der Waals surface area contributed by atoms with Crippen LogP contribution in [0.2, 0.25) is 0 Å². The molecule has 0 aliphatic rings. The molecule has 0 aliphatic carbocycles. The molecule has 2 aromatic rings. The van der Waals surface area contributed by atoms with Gasteiger partial charge in [0.1, 0.15) is 0 Å². The first-order valence-electron chi connectivity index (χ1n) is 6.98. The Morgan fingerprint density at radius 1 is 1.05 bits per heavy atom. The van der Waals surface area contributed by atoms with E-state index in [-0.39, 0.29) is 5.97 Å². The van der Waals surface area contributed by atoms with Crippen LogP contribution in [0, 0.1) is 0 Å². The number of esters is 1. The summed E-state index contributed by atoms with van der Waals surface area (Å²) in [6.45, 7) is 3.79. The van der Waals surface area contributed by atoms with Gasteiger partial charge in [-0.1, -0.05) is 36.9 Å². The lowest BCUT2D eigenvalue weighted by molar-refractivity contribution is -0.137. The molecule has 0 saturated carbocycles. The predicted octanol–water partition coefficient (Wildman–Crippen LogP) is 4.09. The summed E-state index contributed by atoms with van der Waals surface area (Å²) >= 11 is 0. The zero-order chi connectivity index (χ0) is 14.9. The van der Waals surface area contributed by atoms with Crippen molar-refractivity contribution in [2.75, 3.05) is 11.9 Å². The largest absolute Gasteiger partial charge is 0.463 e. The number of carbonyl (C=O) groups is 1. The summed E-state index contributed by atoms with van der Waals surface area (Å²) in [5.74, 6) is -0.364. The number of hydrogen-bond donors (Lipinski definition) is 1. The van der Waals surface area contributed by atoms with Gasteiger partial charge in [0.15, 0.2) is 0 Å². The summed E-state index contributed by atoms with van der Waals surface area (Å²) in [6, 6.07) is 18.3. The van der Waals surface area contributed by atoms with Crippen LogP contribution >= 0.6 is 0 Å². The summed E-state index contributed by atoms with van der Waals surface area (Å²) in [5.41, 5.74) is 3.35. The second-order valence-corrected chi connectivity index (χ2v) is 4.66. The maximum absolute atomic E-state index is 10.9. The molecule has 0 saturated heterocycles. The average Bonchev–Trinajstić information content (AvgIpc) is 2.54. The Kier molecular flexibility index (Phi) is 5.59. The van der Waals surface area contributed by atoms with Gasteiger partial charge in [0, 0.05) is 17.5 Å². The summed E-state index contributed by atoms with van der Waals surface area (Å²) in [6.07, 6.45) is 2.88. The van der Waals surface area contributed by atoms with Crippen molar-refractivity contribution in [2.24, 2.45) is 0 Å². The van der Waals surface area contributed by atoms with E-state index in [0.717, 1.165) is 24.2 Å². The predicted molar refractivity (Wildman–Crippen MR) is 85.6 cm³/mol. The molecule has 0 atom stereocenters. The SMILES string of the molecule is C=CC(=O)OCCCc1ccc(Nc2ccccc2)cc1. The fraction of sp³-hybridized carbons (Fsp3) is 0.167. The van der Waals surface area contributed by atoms with E-state index in [2.05, 4.69) is 36.2 Å². The third kappa shape index (κ3) is 5.15. The van der Waals surface area contributed by atoms with Crippen LogP contribution in [0.5, 0.6) is 0 Å². The molecule has 0 spiro atoms. The van der Waals surface area contributed by atoms with Crippen molar-refractivity contribution in [2.45, 2.75) is 12.8 Å². The van der Waals surface area contributed by atoms with Crippen LogP contribution < -0.4 is 5.32 Å². The van der Waals surface area contributed by atoms with Crippen LogP contribution in [0.25, 0.3) is 0 Å². The standard InChI is InChI=1S/C18H19NO2/c1-2-18(20)21-14-6-7-15-10-12-17(13-11-15)19-16-8-4-3-5-9-16/h2-5,8-13,19H,1,6-7,14H2. The van der Waals surface area contributed by atoms with Gasteiger partial charge < -0.3 is 10.1 Å². The van der Waals surface area contributed by atoms with Gasteiger partial charge in [-0.2, -0.15) is 0 Å². The van der Waals surface area contributed by atoms with E-state index in [4.69, 9.17) is 4.74 Å². The summed E-state index contributed by atoms with van der Waals surface area (Å²) in [4.78, 5) is 10.9. The van der Waals surface area contributed by atoms with Gasteiger partial charge in [-0.15, -0.1) is 0 Å². The number of ether oxygens (including phenoxy) is 1. The van der Waals surface area contributed by atoms with Gasteiger partial charge in [-0.05, 0) is 42.7 Å². The number of aryl methyl sites for hydroxylation is 1. The molecule has 3 nitrogen and oxygen atoms in total. The molecule has 2 rings (SSSR count). The zero-order valence-corrected chi connectivity index (χ0v) is 11.9. The van der Waals surface area contributed by atoms with E-state index in [1.54, 1.807) is 0 Å². The Labute approximate surface area is 125 Å². The Balaban J connectivity index is 1.79. The lowest BCUT2D eigenvalue weighted by atomic mass is 10.1. The molecule has 0 amide bonds. The van der Waals surface area contributed by atoms with Crippen molar-refractivity contribution in [3.63, 3.8) is 0 Å². The van der Waals surface area contributed by atoms with Crippen LogP contribution in [0.1, 0.15) is 12.0 Å². The number of rotatable bonds is 7. The van der Waals surface area contributed by atoms with Gasteiger partial charge >= 0.3 is 5.97 Å². The number of para-hydroxylation sites is 1. The van der Waals surface area contributed by atoms with E-state index in [9.17, 15) is 4.79 Å². The molecule has 0 unspecified atom stereocenters. The maximum Gasteiger partial charge on any atom is 0.330 e. The number of carbonyl (C=O) groups excluding carboxylic acids is 1. The molecule has 0 bridgehead atoms. The molecule has 2 aromatic carbocycles. The quantitative estimate of drug-likeness (QED) is 0.472. The second kappa shape index (κ2) is 7.90. The monoisotopic (exact) mass is 281 g/mol. The average molecular weight is 281 g/mol. The van der Waals surface area contributed by atoms with Crippen LogP contribution in [0.15, 0.2) is 67.3 Å². The highest BCUT2D eigenvalue weighted by Gasteiger charge is 1.98. The van der Waals surface area contributed by atoms with Crippen LogP contribution in [0.4, 0.5) is 11.4 Å². The van der Waals surface area contributed by atoms with Crippen molar-refractivity contribution in [3.05, 3.63) is 72.8 Å². The lowest BCUT2D eigenvalue weighted by Gasteiger charge is -2.07. The highest BCUT2D eigenvalue weighted by Crippen LogP contribution is 2.17. The van der Waals surface area contributed by atoms with Gasteiger partial charge in [0.2, 0.25) is 0 Å². The van der Waals surface area contributed by atoms with Crippen molar-refractivity contribution >= 4 is 17.3 Å². The first-order valence-corrected chi connectivity index (χ1v) is 6.98. The third-order valence-electron chi connectivity index (χ3n) is 3.04. The summed E-state index contributed by atoms with van der Waals surface area (Å²) in [5, 5.41) is 3.34. The molecule has 0 aromatic heterocycles. The van der Waals surface area contributed by atoms with E-state index in [1.807, 2.05) is 30.3 Å². The number of nitrogens with one attached hydrogen (secondary N) is 1. The molecule has 1 N–H and O–H groups in total. The molecular weight excluding hydrogens is 262 g/mol. The Bertz CT molecular complexity index is 576. The maximum atomic E-state index is 10.9. The molecule has 0 heterocycles. The fourth-order valence-electron chi connectivity index (χ4n) is 1.95. The van der Waals surface area contributed by atoms with Crippen molar-refractivity contribution in [1.29, 1.82) is 0 Å². The molecule has 0 aliphatic heterocycles.